The SMILES string of the molecule is CCCCc1ccc(N(C(=O)CSc2ccc(Cl)cc2)S(=O)(=O)c2ccc(Cl)cc2)cc1. The predicted octanol–water partition coefficient (Wildman–Crippen LogP) is 6.85. The van der Waals surface area contributed by atoms with E-state index in [1.165, 1.54) is 36.0 Å². The Balaban J connectivity index is 1.91. The second-order valence-corrected chi connectivity index (χ2v) is 10.8. The number of amides is 1. The maximum Gasteiger partial charge on any atom is 0.270 e. The van der Waals surface area contributed by atoms with E-state index in [1.54, 1.807) is 36.4 Å². The van der Waals surface area contributed by atoms with Gasteiger partial charge in [-0.3, -0.25) is 4.79 Å². The van der Waals surface area contributed by atoms with Crippen LogP contribution in [0, 0.1) is 0 Å². The number of aryl methyl sites for hydroxylation is 1. The van der Waals surface area contributed by atoms with Crippen molar-refractivity contribution < 1.29 is 13.2 Å². The number of sulfonamides is 1. The van der Waals surface area contributed by atoms with Crippen molar-refractivity contribution in [1.82, 2.24) is 0 Å². The summed E-state index contributed by atoms with van der Waals surface area (Å²) >= 11 is 13.1. The number of anilines is 1. The summed E-state index contributed by atoms with van der Waals surface area (Å²) in [5.41, 5.74) is 1.41. The zero-order valence-corrected chi connectivity index (χ0v) is 20.6. The van der Waals surface area contributed by atoms with E-state index in [0.717, 1.165) is 34.0 Å². The lowest BCUT2D eigenvalue weighted by Gasteiger charge is -2.23. The Morgan fingerprint density at radius 1 is 0.875 bits per heavy atom. The molecule has 0 aliphatic rings. The molecule has 3 rings (SSSR count). The first-order chi connectivity index (χ1) is 15.3. The molecule has 3 aromatic rings. The molecule has 0 saturated heterocycles. The molecule has 0 fully saturated rings. The summed E-state index contributed by atoms with van der Waals surface area (Å²) in [4.78, 5) is 14.0. The van der Waals surface area contributed by atoms with Crippen LogP contribution < -0.4 is 4.31 Å². The molecule has 0 aliphatic carbocycles. The lowest BCUT2D eigenvalue weighted by atomic mass is 10.1. The Bertz CT molecular complexity index is 1150. The Kier molecular flexibility index (Phi) is 8.65. The maximum absolute atomic E-state index is 13.4. The van der Waals surface area contributed by atoms with E-state index >= 15 is 0 Å². The van der Waals surface area contributed by atoms with E-state index in [4.69, 9.17) is 23.2 Å². The molecule has 32 heavy (non-hydrogen) atoms. The monoisotopic (exact) mass is 507 g/mol. The number of carbonyl (C=O) groups excluding carboxylic acids is 1. The van der Waals surface area contributed by atoms with E-state index in [9.17, 15) is 13.2 Å². The molecule has 0 aliphatic heterocycles. The van der Waals surface area contributed by atoms with Crippen molar-refractivity contribution in [3.05, 3.63) is 88.4 Å². The van der Waals surface area contributed by atoms with Crippen LogP contribution >= 0.6 is 35.0 Å². The molecule has 0 atom stereocenters. The fourth-order valence-electron chi connectivity index (χ4n) is 3.04. The van der Waals surface area contributed by atoms with Gasteiger partial charge in [0, 0.05) is 14.9 Å². The summed E-state index contributed by atoms with van der Waals surface area (Å²) in [7, 11) is -4.12. The van der Waals surface area contributed by atoms with Crippen LogP contribution in [0.5, 0.6) is 0 Å². The van der Waals surface area contributed by atoms with Crippen LogP contribution in [0.1, 0.15) is 25.3 Å². The summed E-state index contributed by atoms with van der Waals surface area (Å²) < 4.78 is 27.7. The molecule has 0 heterocycles. The van der Waals surface area contributed by atoms with Crippen LogP contribution in [0.15, 0.2) is 82.6 Å². The van der Waals surface area contributed by atoms with Crippen LogP contribution in [0.25, 0.3) is 0 Å². The molecule has 0 bridgehead atoms. The van der Waals surface area contributed by atoms with Crippen LogP contribution in [-0.2, 0) is 21.2 Å². The second kappa shape index (κ2) is 11.2. The molecule has 8 heteroatoms. The Morgan fingerprint density at radius 3 is 2.00 bits per heavy atom. The van der Waals surface area contributed by atoms with E-state index in [-0.39, 0.29) is 10.6 Å². The molecule has 1 amide bonds. The highest BCUT2D eigenvalue weighted by Crippen LogP contribution is 2.28. The van der Waals surface area contributed by atoms with Gasteiger partial charge in [-0.05, 0) is 79.1 Å². The number of nitrogens with zero attached hydrogens (tertiary/aromatic N) is 1. The third-order valence-electron chi connectivity index (χ3n) is 4.74. The van der Waals surface area contributed by atoms with Gasteiger partial charge in [-0.25, -0.2) is 12.7 Å². The first-order valence-electron chi connectivity index (χ1n) is 10.1. The third kappa shape index (κ3) is 6.29. The van der Waals surface area contributed by atoms with Gasteiger partial charge in [-0.15, -0.1) is 11.8 Å². The second-order valence-electron chi connectivity index (χ2n) is 7.13. The lowest BCUT2D eigenvalue weighted by Crippen LogP contribution is -2.38. The number of carbonyl (C=O) groups is 1. The van der Waals surface area contributed by atoms with Gasteiger partial charge < -0.3 is 0 Å². The zero-order chi connectivity index (χ0) is 23.1. The van der Waals surface area contributed by atoms with Gasteiger partial charge in [-0.2, -0.15) is 0 Å². The molecule has 4 nitrogen and oxygen atoms in total. The minimum absolute atomic E-state index is 0.00167. The molecule has 3 aromatic carbocycles. The first kappa shape index (κ1) is 24.6. The average molecular weight is 508 g/mol. The van der Waals surface area contributed by atoms with Crippen molar-refractivity contribution in [1.29, 1.82) is 0 Å². The Labute approximate surface area is 203 Å². The molecule has 0 spiro atoms. The molecular weight excluding hydrogens is 485 g/mol. The van der Waals surface area contributed by atoms with Gasteiger partial charge in [0.05, 0.1) is 16.3 Å². The lowest BCUT2D eigenvalue weighted by molar-refractivity contribution is -0.115. The highest BCUT2D eigenvalue weighted by atomic mass is 35.5. The van der Waals surface area contributed by atoms with Crippen LogP contribution in [-0.4, -0.2) is 20.1 Å². The van der Waals surface area contributed by atoms with Crippen LogP contribution in [0.3, 0.4) is 0 Å². The number of rotatable bonds is 9. The summed E-state index contributed by atoms with van der Waals surface area (Å²) in [5.74, 6) is -0.590. The van der Waals surface area contributed by atoms with Crippen LogP contribution in [0.2, 0.25) is 10.0 Å². The van der Waals surface area contributed by atoms with Crippen molar-refractivity contribution >= 4 is 56.6 Å². The number of halogens is 2. The Morgan fingerprint density at radius 2 is 1.44 bits per heavy atom. The van der Waals surface area contributed by atoms with E-state index in [0.29, 0.717) is 15.7 Å². The van der Waals surface area contributed by atoms with Gasteiger partial charge >= 0.3 is 0 Å². The summed E-state index contributed by atoms with van der Waals surface area (Å²) in [6, 6.07) is 19.9. The minimum Gasteiger partial charge on any atom is -0.272 e. The van der Waals surface area contributed by atoms with Crippen molar-refractivity contribution in [2.24, 2.45) is 0 Å². The topological polar surface area (TPSA) is 54.5 Å². The number of hydrogen-bond acceptors (Lipinski definition) is 4. The predicted molar refractivity (Wildman–Crippen MR) is 133 cm³/mol. The number of thioether (sulfide) groups is 1. The zero-order valence-electron chi connectivity index (χ0n) is 17.5. The standard InChI is InChI=1S/C24H23Cl2NO3S2/c1-2-3-4-18-5-11-21(12-6-18)27(32(29,30)23-15-9-20(26)10-16-23)24(28)17-31-22-13-7-19(25)8-14-22/h5-16H,2-4,17H2,1H3. The van der Waals surface area contributed by atoms with E-state index < -0.39 is 15.9 Å². The normalized spacial score (nSPS) is 11.3. The molecule has 0 N–H and O–H groups in total. The van der Waals surface area contributed by atoms with Gasteiger partial charge in [0.1, 0.15) is 0 Å². The van der Waals surface area contributed by atoms with Crippen LogP contribution in [0.4, 0.5) is 5.69 Å². The van der Waals surface area contributed by atoms with E-state index in [2.05, 4.69) is 6.92 Å². The molecular formula is C24H23Cl2NO3S2. The first-order valence-corrected chi connectivity index (χ1v) is 13.3. The summed E-state index contributed by atoms with van der Waals surface area (Å²) in [5, 5.41) is 1.01. The van der Waals surface area contributed by atoms with Crippen molar-refractivity contribution in [3.8, 4) is 0 Å². The van der Waals surface area contributed by atoms with Crippen molar-refractivity contribution in [2.45, 2.75) is 36.0 Å². The summed E-state index contributed by atoms with van der Waals surface area (Å²) in [6.07, 6.45) is 3.02. The highest BCUT2D eigenvalue weighted by Gasteiger charge is 2.31. The quantitative estimate of drug-likeness (QED) is 0.297. The molecule has 0 saturated carbocycles. The maximum atomic E-state index is 13.4. The number of unbranched alkanes of at least 4 members (excludes halogenated alkanes) is 1. The molecule has 0 aromatic heterocycles. The van der Waals surface area contributed by atoms with Gasteiger partial charge in [-0.1, -0.05) is 48.7 Å². The van der Waals surface area contributed by atoms with Crippen molar-refractivity contribution in [3.63, 3.8) is 0 Å². The Hall–Kier alpha value is -1.99. The summed E-state index contributed by atoms with van der Waals surface area (Å²) in [6.45, 7) is 2.12. The van der Waals surface area contributed by atoms with Crippen molar-refractivity contribution in [2.75, 3.05) is 10.1 Å². The highest BCUT2D eigenvalue weighted by molar-refractivity contribution is 8.00. The third-order valence-corrected chi connectivity index (χ3v) is 8.01. The van der Waals surface area contributed by atoms with E-state index in [1.807, 2.05) is 12.1 Å². The molecule has 168 valence electrons. The largest absolute Gasteiger partial charge is 0.272 e. The smallest absolute Gasteiger partial charge is 0.270 e. The molecule has 0 radical (unpaired) electrons. The van der Waals surface area contributed by atoms with Gasteiger partial charge in [0.25, 0.3) is 15.9 Å². The fourth-order valence-corrected chi connectivity index (χ4v) is 5.55. The number of benzene rings is 3. The fraction of sp³-hybridized carbons (Fsp3) is 0.208. The molecule has 0 unspecified atom stereocenters. The average Bonchev–Trinajstić information content (AvgIpc) is 2.78. The minimum atomic E-state index is -4.12. The number of hydrogen-bond donors (Lipinski definition) is 0. The van der Waals surface area contributed by atoms with Gasteiger partial charge in [0.15, 0.2) is 0 Å². The van der Waals surface area contributed by atoms with Gasteiger partial charge in [0.2, 0.25) is 0 Å².